The molecule has 148 valence electrons. The molecule has 1 N–H and O–H groups in total. The Balaban J connectivity index is 2.61. The van der Waals surface area contributed by atoms with Crippen molar-refractivity contribution in [1.82, 2.24) is 10.2 Å². The summed E-state index contributed by atoms with van der Waals surface area (Å²) in [6, 6.07) is -0.775. The number of amides is 2. The number of esters is 1. The van der Waals surface area contributed by atoms with Gasteiger partial charge in [-0.05, 0) is 20.8 Å². The molecule has 0 aromatic rings. The Morgan fingerprint density at radius 3 is 2.31 bits per heavy atom. The molecule has 0 aliphatic carbocycles. The SMILES string of the molecule is COC(=O)CCC(=O)CNC(=O)[C@@H]1C[C@@H](OC)CN1C(=O)OC(C)(C)C. The van der Waals surface area contributed by atoms with E-state index in [2.05, 4.69) is 10.1 Å². The lowest BCUT2D eigenvalue weighted by atomic mass is 10.1. The summed E-state index contributed by atoms with van der Waals surface area (Å²) in [6.07, 6.45) is -0.626. The van der Waals surface area contributed by atoms with Gasteiger partial charge in [-0.25, -0.2) is 4.79 Å². The van der Waals surface area contributed by atoms with Crippen LogP contribution in [0.1, 0.15) is 40.0 Å². The van der Waals surface area contributed by atoms with Crippen LogP contribution in [0.3, 0.4) is 0 Å². The topological polar surface area (TPSA) is 111 Å². The van der Waals surface area contributed by atoms with Gasteiger partial charge in [-0.1, -0.05) is 0 Å². The van der Waals surface area contributed by atoms with Gasteiger partial charge < -0.3 is 19.5 Å². The van der Waals surface area contributed by atoms with Crippen molar-refractivity contribution in [2.45, 2.75) is 57.8 Å². The Labute approximate surface area is 153 Å². The first-order valence-electron chi connectivity index (χ1n) is 8.46. The second kappa shape index (κ2) is 9.51. The van der Waals surface area contributed by atoms with Crippen molar-refractivity contribution >= 4 is 23.8 Å². The molecule has 9 nitrogen and oxygen atoms in total. The zero-order valence-corrected chi connectivity index (χ0v) is 16.0. The van der Waals surface area contributed by atoms with Crippen LogP contribution >= 0.6 is 0 Å². The van der Waals surface area contributed by atoms with Crippen LogP contribution in [-0.4, -0.2) is 73.7 Å². The third-order valence-corrected chi connectivity index (χ3v) is 3.82. The maximum atomic E-state index is 12.4. The lowest BCUT2D eigenvalue weighted by Gasteiger charge is -2.27. The lowest BCUT2D eigenvalue weighted by Crippen LogP contribution is -2.48. The van der Waals surface area contributed by atoms with Crippen LogP contribution in [0.5, 0.6) is 0 Å². The summed E-state index contributed by atoms with van der Waals surface area (Å²) in [7, 11) is 2.75. The second-order valence-electron chi connectivity index (χ2n) is 7.07. The highest BCUT2D eigenvalue weighted by atomic mass is 16.6. The van der Waals surface area contributed by atoms with E-state index in [1.807, 2.05) is 0 Å². The van der Waals surface area contributed by atoms with Crippen LogP contribution in [0.4, 0.5) is 4.79 Å². The monoisotopic (exact) mass is 372 g/mol. The fourth-order valence-electron chi connectivity index (χ4n) is 2.47. The molecule has 0 aromatic heterocycles. The summed E-state index contributed by atoms with van der Waals surface area (Å²) in [5.74, 6) is -1.24. The first-order valence-corrected chi connectivity index (χ1v) is 8.46. The molecule has 2 amide bonds. The van der Waals surface area contributed by atoms with E-state index in [1.165, 1.54) is 19.1 Å². The molecule has 0 unspecified atom stereocenters. The van der Waals surface area contributed by atoms with Crippen LogP contribution in [0, 0.1) is 0 Å². The number of ketones is 1. The van der Waals surface area contributed by atoms with Crippen LogP contribution < -0.4 is 5.32 Å². The van der Waals surface area contributed by atoms with Crippen LogP contribution in [0.2, 0.25) is 0 Å². The minimum Gasteiger partial charge on any atom is -0.469 e. The van der Waals surface area contributed by atoms with Gasteiger partial charge in [0.1, 0.15) is 11.6 Å². The van der Waals surface area contributed by atoms with E-state index in [0.29, 0.717) is 6.42 Å². The van der Waals surface area contributed by atoms with Crippen molar-refractivity contribution in [3.8, 4) is 0 Å². The van der Waals surface area contributed by atoms with Crippen LogP contribution in [0.25, 0.3) is 0 Å². The Bertz CT molecular complexity index is 542. The molecular formula is C17H28N2O7. The summed E-state index contributed by atoms with van der Waals surface area (Å²) < 4.78 is 15.0. The fourth-order valence-corrected chi connectivity index (χ4v) is 2.47. The fraction of sp³-hybridized carbons (Fsp3) is 0.765. The number of carbonyl (C=O) groups excluding carboxylic acids is 4. The summed E-state index contributed by atoms with van der Waals surface area (Å²) in [5, 5.41) is 2.51. The number of ether oxygens (including phenoxy) is 3. The van der Waals surface area contributed by atoms with Crippen molar-refractivity contribution in [3.05, 3.63) is 0 Å². The highest BCUT2D eigenvalue weighted by molar-refractivity contribution is 5.91. The molecule has 1 aliphatic rings. The molecule has 9 heteroatoms. The Morgan fingerprint density at radius 2 is 1.77 bits per heavy atom. The molecule has 2 atom stereocenters. The number of rotatable bonds is 7. The zero-order chi connectivity index (χ0) is 19.9. The summed E-state index contributed by atoms with van der Waals surface area (Å²) in [6.45, 7) is 5.24. The zero-order valence-electron chi connectivity index (χ0n) is 16.0. The smallest absolute Gasteiger partial charge is 0.411 e. The predicted molar refractivity (Wildman–Crippen MR) is 91.4 cm³/mol. The first-order chi connectivity index (χ1) is 12.1. The quantitative estimate of drug-likeness (QED) is 0.653. The third kappa shape index (κ3) is 6.99. The van der Waals surface area contributed by atoms with Gasteiger partial charge in [0.05, 0.1) is 32.7 Å². The van der Waals surface area contributed by atoms with Gasteiger partial charge in [0.2, 0.25) is 5.91 Å². The average Bonchev–Trinajstić information content (AvgIpc) is 3.00. The second-order valence-corrected chi connectivity index (χ2v) is 7.07. The number of methoxy groups -OCH3 is 2. The van der Waals surface area contributed by atoms with Gasteiger partial charge in [0.25, 0.3) is 0 Å². The molecule has 1 fully saturated rings. The van der Waals surface area contributed by atoms with Gasteiger partial charge in [-0.15, -0.1) is 0 Å². The van der Waals surface area contributed by atoms with Gasteiger partial charge in [0, 0.05) is 20.0 Å². The van der Waals surface area contributed by atoms with E-state index in [9.17, 15) is 19.2 Å². The van der Waals surface area contributed by atoms with E-state index in [1.54, 1.807) is 20.8 Å². The number of nitrogens with one attached hydrogen (secondary N) is 1. The van der Waals surface area contributed by atoms with Crippen LogP contribution in [0.15, 0.2) is 0 Å². The van der Waals surface area contributed by atoms with Crippen molar-refractivity contribution in [3.63, 3.8) is 0 Å². The van der Waals surface area contributed by atoms with Crippen molar-refractivity contribution in [2.75, 3.05) is 27.3 Å². The largest absolute Gasteiger partial charge is 0.469 e. The van der Waals surface area contributed by atoms with E-state index >= 15 is 0 Å². The Kier molecular flexibility index (Phi) is 8.01. The summed E-state index contributed by atoms with van der Waals surface area (Å²) in [5.41, 5.74) is -0.687. The molecule has 1 saturated heterocycles. The molecule has 1 aliphatic heterocycles. The number of hydrogen-bond donors (Lipinski definition) is 1. The minimum absolute atomic E-state index is 0.0197. The number of Topliss-reactive ketones (excluding diaryl/α,β-unsaturated/α-hetero) is 1. The number of carbonyl (C=O) groups is 4. The van der Waals surface area contributed by atoms with Gasteiger partial charge in [-0.3, -0.25) is 19.3 Å². The standard InChI is InChI=1S/C17H28N2O7/c1-17(2,3)26-16(23)19-10-12(24-4)8-13(19)15(22)18-9-11(20)6-7-14(21)25-5/h12-13H,6-10H2,1-5H3,(H,18,22)/t12-,13+/m1/s1. The van der Waals surface area contributed by atoms with Crippen molar-refractivity contribution in [1.29, 1.82) is 0 Å². The number of hydrogen-bond acceptors (Lipinski definition) is 7. The molecule has 0 aromatic carbocycles. The highest BCUT2D eigenvalue weighted by Gasteiger charge is 2.41. The predicted octanol–water partition coefficient (Wildman–Crippen LogP) is 0.649. The molecule has 26 heavy (non-hydrogen) atoms. The maximum absolute atomic E-state index is 12.4. The van der Waals surface area contributed by atoms with Gasteiger partial charge in [0.15, 0.2) is 5.78 Å². The maximum Gasteiger partial charge on any atom is 0.411 e. The molecule has 1 rings (SSSR count). The normalized spacial score (nSPS) is 19.8. The Hall–Kier alpha value is -2.16. The molecule has 1 heterocycles. The Morgan fingerprint density at radius 1 is 1.12 bits per heavy atom. The minimum atomic E-state index is -0.775. The molecule has 0 radical (unpaired) electrons. The van der Waals surface area contributed by atoms with E-state index < -0.39 is 29.6 Å². The van der Waals surface area contributed by atoms with E-state index in [-0.39, 0.29) is 37.8 Å². The van der Waals surface area contributed by atoms with Gasteiger partial charge >= 0.3 is 12.1 Å². The van der Waals surface area contributed by atoms with E-state index in [4.69, 9.17) is 9.47 Å². The number of nitrogens with zero attached hydrogens (tertiary/aromatic N) is 1. The average molecular weight is 372 g/mol. The molecular weight excluding hydrogens is 344 g/mol. The molecule has 0 spiro atoms. The number of likely N-dealkylation sites (tertiary alicyclic amines) is 1. The molecule has 0 bridgehead atoms. The molecule has 0 saturated carbocycles. The van der Waals surface area contributed by atoms with Gasteiger partial charge in [-0.2, -0.15) is 0 Å². The third-order valence-electron chi connectivity index (χ3n) is 3.82. The highest BCUT2D eigenvalue weighted by Crippen LogP contribution is 2.23. The summed E-state index contributed by atoms with van der Waals surface area (Å²) >= 11 is 0. The van der Waals surface area contributed by atoms with E-state index in [0.717, 1.165) is 0 Å². The van der Waals surface area contributed by atoms with Crippen LogP contribution in [-0.2, 0) is 28.6 Å². The lowest BCUT2D eigenvalue weighted by molar-refractivity contribution is -0.141. The first kappa shape index (κ1) is 21.9. The van der Waals surface area contributed by atoms with Crippen molar-refractivity contribution in [2.24, 2.45) is 0 Å². The summed E-state index contributed by atoms with van der Waals surface area (Å²) in [4.78, 5) is 48.9. The van der Waals surface area contributed by atoms with Crippen molar-refractivity contribution < 1.29 is 33.4 Å².